The predicted molar refractivity (Wildman–Crippen MR) is 94.6 cm³/mol. The Labute approximate surface area is 152 Å². The van der Waals surface area contributed by atoms with Crippen LogP contribution in [0.5, 0.6) is 0 Å². The van der Waals surface area contributed by atoms with Crippen LogP contribution >= 0.6 is 0 Å². The lowest BCUT2D eigenvalue weighted by Gasteiger charge is -2.17. The zero-order chi connectivity index (χ0) is 17.8. The molecule has 2 atom stereocenters. The molecule has 0 aromatic carbocycles. The minimum absolute atomic E-state index is 0.111. The Morgan fingerprint density at radius 3 is 1.88 bits per heavy atom. The van der Waals surface area contributed by atoms with Gasteiger partial charge in [0.2, 0.25) is 0 Å². The molecular weight excluding hydrogens is 344 g/mol. The first kappa shape index (κ1) is 21.2. The van der Waals surface area contributed by atoms with E-state index in [-0.39, 0.29) is 12.2 Å². The molecule has 0 bridgehead atoms. The van der Waals surface area contributed by atoms with E-state index in [1.807, 2.05) is 0 Å². The third-order valence-electron chi connectivity index (χ3n) is 4.52. The highest BCUT2D eigenvalue weighted by Gasteiger charge is 2.50. The molecule has 1 aliphatic heterocycles. The Morgan fingerprint density at radius 1 is 0.800 bits per heavy atom. The SMILES string of the molecule is COCCOCCOCCOCCC[Si]1(O)OC2CCCCCC2O1. The van der Waals surface area contributed by atoms with Crippen LogP contribution in [-0.2, 0) is 27.8 Å². The molecular formula is C17H34O7Si. The average molecular weight is 379 g/mol. The van der Waals surface area contributed by atoms with Crippen molar-refractivity contribution in [3.05, 3.63) is 0 Å². The summed E-state index contributed by atoms with van der Waals surface area (Å²) in [7, 11) is -1.32. The lowest BCUT2D eigenvalue weighted by Crippen LogP contribution is -2.38. The summed E-state index contributed by atoms with van der Waals surface area (Å²) in [5, 5.41) is 0. The molecule has 2 aliphatic rings. The van der Waals surface area contributed by atoms with Gasteiger partial charge in [0.1, 0.15) is 0 Å². The Balaban J connectivity index is 1.42. The first-order chi connectivity index (χ1) is 12.2. The molecule has 1 heterocycles. The van der Waals surface area contributed by atoms with Gasteiger partial charge in [0.25, 0.3) is 0 Å². The zero-order valence-electron chi connectivity index (χ0n) is 15.5. The summed E-state index contributed by atoms with van der Waals surface area (Å²) >= 11 is 0. The predicted octanol–water partition coefficient (Wildman–Crippen LogP) is 1.75. The van der Waals surface area contributed by atoms with Gasteiger partial charge in [0, 0.05) is 19.8 Å². The van der Waals surface area contributed by atoms with Gasteiger partial charge in [-0.25, -0.2) is 0 Å². The van der Waals surface area contributed by atoms with Crippen molar-refractivity contribution in [2.24, 2.45) is 0 Å². The average Bonchev–Trinajstić information content (AvgIpc) is 2.76. The van der Waals surface area contributed by atoms with Gasteiger partial charge >= 0.3 is 8.80 Å². The Bertz CT molecular complexity index is 331. The monoisotopic (exact) mass is 378 g/mol. The summed E-state index contributed by atoms with van der Waals surface area (Å²) in [6, 6.07) is 0.578. The summed E-state index contributed by atoms with van der Waals surface area (Å²) < 4.78 is 32.9. The molecule has 2 fully saturated rings. The van der Waals surface area contributed by atoms with Gasteiger partial charge in [0.15, 0.2) is 0 Å². The van der Waals surface area contributed by atoms with Crippen LogP contribution in [-0.4, -0.2) is 79.2 Å². The van der Waals surface area contributed by atoms with E-state index in [4.69, 9.17) is 27.8 Å². The largest absolute Gasteiger partial charge is 0.498 e. The van der Waals surface area contributed by atoms with Crippen LogP contribution in [0, 0.1) is 0 Å². The van der Waals surface area contributed by atoms with E-state index in [1.165, 1.54) is 19.3 Å². The molecule has 1 saturated carbocycles. The van der Waals surface area contributed by atoms with Gasteiger partial charge in [-0.3, -0.25) is 0 Å². The number of rotatable bonds is 13. The van der Waals surface area contributed by atoms with Crippen LogP contribution in [0.15, 0.2) is 0 Å². The van der Waals surface area contributed by atoms with Crippen LogP contribution in [0.3, 0.4) is 0 Å². The van der Waals surface area contributed by atoms with E-state index in [2.05, 4.69) is 0 Å². The molecule has 8 heteroatoms. The van der Waals surface area contributed by atoms with E-state index < -0.39 is 8.80 Å². The Hall–Kier alpha value is -0.0631. The van der Waals surface area contributed by atoms with Crippen molar-refractivity contribution in [3.63, 3.8) is 0 Å². The highest BCUT2D eigenvalue weighted by molar-refractivity contribution is 6.59. The van der Waals surface area contributed by atoms with Crippen molar-refractivity contribution in [2.75, 3.05) is 53.4 Å². The first-order valence-electron chi connectivity index (χ1n) is 9.54. The maximum absolute atomic E-state index is 10.6. The van der Waals surface area contributed by atoms with Gasteiger partial charge in [-0.2, -0.15) is 0 Å². The lowest BCUT2D eigenvalue weighted by atomic mass is 10.1. The minimum Gasteiger partial charge on any atom is -0.390 e. The fraction of sp³-hybridized carbons (Fsp3) is 1.00. The van der Waals surface area contributed by atoms with Crippen molar-refractivity contribution >= 4 is 8.80 Å². The second-order valence-electron chi connectivity index (χ2n) is 6.60. The summed E-state index contributed by atoms with van der Waals surface area (Å²) in [5.41, 5.74) is 0. The van der Waals surface area contributed by atoms with Crippen molar-refractivity contribution in [1.29, 1.82) is 0 Å². The van der Waals surface area contributed by atoms with Gasteiger partial charge in [-0.1, -0.05) is 19.3 Å². The number of fused-ring (bicyclic) bond motifs is 1. The maximum Gasteiger partial charge on any atom is 0.498 e. The van der Waals surface area contributed by atoms with E-state index in [0.717, 1.165) is 19.3 Å². The second-order valence-corrected chi connectivity index (χ2v) is 8.99. The quantitative estimate of drug-likeness (QED) is 0.386. The molecule has 0 aromatic heterocycles. The fourth-order valence-corrected chi connectivity index (χ4v) is 5.58. The van der Waals surface area contributed by atoms with Crippen LogP contribution in [0.4, 0.5) is 0 Å². The molecule has 25 heavy (non-hydrogen) atoms. The summed E-state index contributed by atoms with van der Waals surface area (Å²) in [6.07, 6.45) is 6.60. The standard InChI is InChI=1S/C17H34O7Si/c1-19-9-10-21-13-14-22-12-11-20-8-5-15-25(18)23-16-6-3-2-4-7-17(16)24-25/h16-18H,2-15H2,1H3. The smallest absolute Gasteiger partial charge is 0.390 e. The molecule has 7 nitrogen and oxygen atoms in total. The topological polar surface area (TPSA) is 75.6 Å². The van der Waals surface area contributed by atoms with E-state index in [9.17, 15) is 4.80 Å². The molecule has 0 aromatic rings. The van der Waals surface area contributed by atoms with Crippen molar-refractivity contribution < 1.29 is 32.6 Å². The minimum atomic E-state index is -2.97. The Morgan fingerprint density at radius 2 is 1.32 bits per heavy atom. The van der Waals surface area contributed by atoms with Gasteiger partial charge in [0.05, 0.1) is 51.8 Å². The summed E-state index contributed by atoms with van der Waals surface area (Å²) in [4.78, 5) is 10.6. The van der Waals surface area contributed by atoms with Crippen LogP contribution in [0.2, 0.25) is 6.04 Å². The molecule has 1 aliphatic carbocycles. The second kappa shape index (κ2) is 12.3. The van der Waals surface area contributed by atoms with Crippen LogP contribution < -0.4 is 0 Å². The zero-order valence-corrected chi connectivity index (χ0v) is 16.5. The van der Waals surface area contributed by atoms with Gasteiger partial charge < -0.3 is 32.6 Å². The molecule has 0 spiro atoms. The number of hydrogen-bond donors (Lipinski definition) is 1. The summed E-state index contributed by atoms with van der Waals surface area (Å²) in [6.45, 7) is 4.01. The van der Waals surface area contributed by atoms with Crippen molar-refractivity contribution in [1.82, 2.24) is 0 Å². The van der Waals surface area contributed by atoms with E-state index in [0.29, 0.717) is 52.3 Å². The molecule has 148 valence electrons. The lowest BCUT2D eigenvalue weighted by molar-refractivity contribution is 0.00346. The number of hydrogen-bond acceptors (Lipinski definition) is 7. The highest BCUT2D eigenvalue weighted by Crippen LogP contribution is 2.34. The third kappa shape index (κ3) is 8.44. The molecule has 0 radical (unpaired) electrons. The van der Waals surface area contributed by atoms with Crippen LogP contribution in [0.1, 0.15) is 38.5 Å². The third-order valence-corrected chi connectivity index (χ3v) is 6.85. The molecule has 1 saturated heterocycles. The first-order valence-corrected chi connectivity index (χ1v) is 11.5. The van der Waals surface area contributed by atoms with Crippen molar-refractivity contribution in [2.45, 2.75) is 56.8 Å². The highest BCUT2D eigenvalue weighted by atomic mass is 28.4. The normalized spacial score (nSPS) is 29.5. The maximum atomic E-state index is 10.6. The van der Waals surface area contributed by atoms with Gasteiger partial charge in [-0.05, 0) is 19.3 Å². The van der Waals surface area contributed by atoms with Gasteiger partial charge in [-0.15, -0.1) is 0 Å². The van der Waals surface area contributed by atoms with E-state index >= 15 is 0 Å². The molecule has 1 N–H and O–H groups in total. The van der Waals surface area contributed by atoms with E-state index in [1.54, 1.807) is 7.11 Å². The fourth-order valence-electron chi connectivity index (χ4n) is 3.21. The number of ether oxygens (including phenoxy) is 4. The summed E-state index contributed by atoms with van der Waals surface area (Å²) in [5.74, 6) is 0. The molecule has 2 rings (SSSR count). The number of methoxy groups -OCH3 is 1. The Kier molecular flexibility index (Phi) is 10.5. The van der Waals surface area contributed by atoms with Crippen LogP contribution in [0.25, 0.3) is 0 Å². The van der Waals surface area contributed by atoms with Crippen molar-refractivity contribution in [3.8, 4) is 0 Å². The molecule has 0 amide bonds. The molecule has 2 unspecified atom stereocenters.